The molecule has 1 aromatic heterocycles. The molecule has 3 aromatic rings. The van der Waals surface area contributed by atoms with Gasteiger partial charge >= 0.3 is 0 Å². The molecule has 0 atom stereocenters. The molecule has 0 aliphatic carbocycles. The number of aryl methyl sites for hydroxylation is 1. The lowest BCUT2D eigenvalue weighted by molar-refractivity contribution is -0.123. The maximum atomic E-state index is 11.8. The number of carbonyl (C=O) groups is 1. The van der Waals surface area contributed by atoms with Gasteiger partial charge in [0.1, 0.15) is 5.75 Å². The Labute approximate surface area is 153 Å². The molecule has 0 saturated heterocycles. The van der Waals surface area contributed by atoms with Crippen LogP contribution in [-0.2, 0) is 11.3 Å². The standard InChI is InChI=1S/C18H16BrN3O3/c1-12-2-4-13(5-3-12)18-21-17(25-22-18)10-20-16(23)11-24-15-8-6-14(19)7-9-15/h2-9H,10-11H2,1H3,(H,20,23). The molecule has 0 fully saturated rings. The Bertz CT molecular complexity index is 845. The van der Waals surface area contributed by atoms with Crippen LogP contribution in [0.5, 0.6) is 5.75 Å². The fraction of sp³-hybridized carbons (Fsp3) is 0.167. The summed E-state index contributed by atoms with van der Waals surface area (Å²) in [7, 11) is 0. The maximum absolute atomic E-state index is 11.8. The number of hydrogen-bond acceptors (Lipinski definition) is 5. The SMILES string of the molecule is Cc1ccc(-c2noc(CNC(=O)COc3ccc(Br)cc3)n2)cc1. The van der Waals surface area contributed by atoms with Crippen LogP contribution in [0.15, 0.2) is 57.5 Å². The van der Waals surface area contributed by atoms with Crippen LogP contribution >= 0.6 is 15.9 Å². The van der Waals surface area contributed by atoms with Crippen molar-refractivity contribution in [2.75, 3.05) is 6.61 Å². The number of halogens is 1. The van der Waals surface area contributed by atoms with Gasteiger partial charge in [-0.15, -0.1) is 0 Å². The molecule has 0 unspecified atom stereocenters. The zero-order valence-electron chi connectivity index (χ0n) is 13.5. The van der Waals surface area contributed by atoms with E-state index < -0.39 is 0 Å². The van der Waals surface area contributed by atoms with Crippen molar-refractivity contribution in [3.63, 3.8) is 0 Å². The summed E-state index contributed by atoms with van der Waals surface area (Å²) in [4.78, 5) is 16.1. The first-order valence-electron chi connectivity index (χ1n) is 7.65. The third-order valence-corrected chi connectivity index (χ3v) is 3.93. The molecule has 1 N–H and O–H groups in total. The number of ether oxygens (including phenoxy) is 1. The van der Waals surface area contributed by atoms with E-state index in [-0.39, 0.29) is 19.1 Å². The zero-order chi connectivity index (χ0) is 17.6. The van der Waals surface area contributed by atoms with Gasteiger partial charge in [0.05, 0.1) is 6.54 Å². The monoisotopic (exact) mass is 401 g/mol. The van der Waals surface area contributed by atoms with Crippen LogP contribution in [0.1, 0.15) is 11.5 Å². The highest BCUT2D eigenvalue weighted by Gasteiger charge is 2.10. The molecule has 0 saturated carbocycles. The lowest BCUT2D eigenvalue weighted by atomic mass is 10.1. The van der Waals surface area contributed by atoms with Crippen LogP contribution < -0.4 is 10.1 Å². The van der Waals surface area contributed by atoms with Crippen LogP contribution in [0.4, 0.5) is 0 Å². The molecular weight excluding hydrogens is 386 g/mol. The van der Waals surface area contributed by atoms with Crippen molar-refractivity contribution >= 4 is 21.8 Å². The average molecular weight is 402 g/mol. The summed E-state index contributed by atoms with van der Waals surface area (Å²) < 4.78 is 11.5. The molecule has 6 nitrogen and oxygen atoms in total. The molecule has 0 bridgehead atoms. The summed E-state index contributed by atoms with van der Waals surface area (Å²) in [6, 6.07) is 15.1. The van der Waals surface area contributed by atoms with Gasteiger partial charge in [0.15, 0.2) is 6.61 Å². The second kappa shape index (κ2) is 7.94. The lowest BCUT2D eigenvalue weighted by Crippen LogP contribution is -2.28. The van der Waals surface area contributed by atoms with E-state index in [9.17, 15) is 4.79 Å². The number of aromatic nitrogens is 2. The third kappa shape index (κ3) is 4.90. The Morgan fingerprint density at radius 3 is 2.60 bits per heavy atom. The first-order valence-corrected chi connectivity index (χ1v) is 8.44. The first kappa shape index (κ1) is 17.2. The summed E-state index contributed by atoms with van der Waals surface area (Å²) >= 11 is 3.34. The minimum Gasteiger partial charge on any atom is -0.484 e. The van der Waals surface area contributed by atoms with E-state index in [1.165, 1.54) is 0 Å². The van der Waals surface area contributed by atoms with Crippen molar-refractivity contribution in [3.05, 3.63) is 64.5 Å². The number of carbonyl (C=O) groups excluding carboxylic acids is 1. The van der Waals surface area contributed by atoms with Gasteiger partial charge in [-0.25, -0.2) is 0 Å². The van der Waals surface area contributed by atoms with Gasteiger partial charge in [0.25, 0.3) is 5.91 Å². The van der Waals surface area contributed by atoms with Crippen LogP contribution in [0.2, 0.25) is 0 Å². The minimum absolute atomic E-state index is 0.0827. The Hall–Kier alpha value is -2.67. The molecule has 0 aliphatic heterocycles. The van der Waals surface area contributed by atoms with Crippen molar-refractivity contribution in [2.24, 2.45) is 0 Å². The van der Waals surface area contributed by atoms with Gasteiger partial charge in [-0.3, -0.25) is 4.79 Å². The van der Waals surface area contributed by atoms with Crippen molar-refractivity contribution in [1.82, 2.24) is 15.5 Å². The molecule has 25 heavy (non-hydrogen) atoms. The number of amides is 1. The normalized spacial score (nSPS) is 10.5. The molecule has 128 valence electrons. The summed E-state index contributed by atoms with van der Waals surface area (Å²) in [6.45, 7) is 2.08. The van der Waals surface area contributed by atoms with E-state index in [0.29, 0.717) is 17.5 Å². The zero-order valence-corrected chi connectivity index (χ0v) is 15.1. The summed E-state index contributed by atoms with van der Waals surface area (Å²) in [5.74, 6) is 1.19. The molecule has 0 aliphatic rings. The Balaban J connectivity index is 1.49. The summed E-state index contributed by atoms with van der Waals surface area (Å²) in [5.41, 5.74) is 2.02. The highest BCUT2D eigenvalue weighted by molar-refractivity contribution is 9.10. The van der Waals surface area contributed by atoms with Gasteiger partial charge < -0.3 is 14.6 Å². The van der Waals surface area contributed by atoms with Crippen LogP contribution in [0.3, 0.4) is 0 Å². The van der Waals surface area contributed by atoms with Crippen molar-refractivity contribution < 1.29 is 14.1 Å². The van der Waals surface area contributed by atoms with E-state index in [1.54, 1.807) is 12.1 Å². The topological polar surface area (TPSA) is 77.2 Å². The molecule has 0 spiro atoms. The van der Waals surface area contributed by atoms with Gasteiger partial charge in [-0.2, -0.15) is 4.98 Å². The number of hydrogen-bond donors (Lipinski definition) is 1. The third-order valence-electron chi connectivity index (χ3n) is 3.40. The van der Waals surface area contributed by atoms with Gasteiger partial charge in [-0.05, 0) is 31.2 Å². The average Bonchev–Trinajstić information content (AvgIpc) is 3.09. The van der Waals surface area contributed by atoms with Gasteiger partial charge in [0.2, 0.25) is 11.7 Å². The predicted molar refractivity (Wildman–Crippen MR) is 96.0 cm³/mol. The van der Waals surface area contributed by atoms with Crippen LogP contribution in [0.25, 0.3) is 11.4 Å². The highest BCUT2D eigenvalue weighted by Crippen LogP contribution is 2.17. The Kier molecular flexibility index (Phi) is 5.45. The molecule has 0 radical (unpaired) electrons. The van der Waals surface area contributed by atoms with E-state index in [2.05, 4.69) is 31.4 Å². The van der Waals surface area contributed by atoms with Crippen LogP contribution in [-0.4, -0.2) is 22.7 Å². The summed E-state index contributed by atoms with van der Waals surface area (Å²) in [6.07, 6.45) is 0. The minimum atomic E-state index is -0.266. The van der Waals surface area contributed by atoms with Crippen molar-refractivity contribution in [1.29, 1.82) is 0 Å². The Morgan fingerprint density at radius 2 is 1.88 bits per heavy atom. The quantitative estimate of drug-likeness (QED) is 0.683. The largest absolute Gasteiger partial charge is 0.484 e. The maximum Gasteiger partial charge on any atom is 0.258 e. The summed E-state index contributed by atoms with van der Waals surface area (Å²) in [5, 5.41) is 6.61. The number of rotatable bonds is 6. The number of benzene rings is 2. The van der Waals surface area contributed by atoms with E-state index in [1.807, 2.05) is 43.3 Å². The van der Waals surface area contributed by atoms with E-state index >= 15 is 0 Å². The van der Waals surface area contributed by atoms with Gasteiger partial charge in [-0.1, -0.05) is 50.9 Å². The van der Waals surface area contributed by atoms with Crippen LogP contribution in [0, 0.1) is 6.92 Å². The van der Waals surface area contributed by atoms with Crippen molar-refractivity contribution in [3.8, 4) is 17.1 Å². The fourth-order valence-electron chi connectivity index (χ4n) is 2.05. The number of nitrogens with zero attached hydrogens (tertiary/aromatic N) is 2. The molecule has 1 amide bonds. The Morgan fingerprint density at radius 1 is 1.16 bits per heavy atom. The molecule has 3 rings (SSSR count). The highest BCUT2D eigenvalue weighted by atomic mass is 79.9. The second-order valence-corrected chi connectivity index (χ2v) is 6.31. The van der Waals surface area contributed by atoms with Crippen molar-refractivity contribution in [2.45, 2.75) is 13.5 Å². The molecule has 7 heteroatoms. The van der Waals surface area contributed by atoms with Gasteiger partial charge in [0, 0.05) is 10.0 Å². The number of nitrogens with one attached hydrogen (secondary N) is 1. The predicted octanol–water partition coefficient (Wildman–Crippen LogP) is 3.50. The lowest BCUT2D eigenvalue weighted by Gasteiger charge is -2.06. The molecule has 1 heterocycles. The first-order chi connectivity index (χ1) is 12.1. The molecule has 2 aromatic carbocycles. The second-order valence-electron chi connectivity index (χ2n) is 5.40. The molecular formula is C18H16BrN3O3. The van der Waals surface area contributed by atoms with E-state index in [0.717, 1.165) is 15.6 Å². The smallest absolute Gasteiger partial charge is 0.258 e. The fourth-order valence-corrected chi connectivity index (χ4v) is 2.32. The van der Waals surface area contributed by atoms with E-state index in [4.69, 9.17) is 9.26 Å².